The summed E-state index contributed by atoms with van der Waals surface area (Å²) in [7, 11) is 0. The van der Waals surface area contributed by atoms with Crippen LogP contribution in [-0.4, -0.2) is 40.4 Å². The van der Waals surface area contributed by atoms with Crippen LogP contribution in [0.2, 0.25) is 0 Å². The van der Waals surface area contributed by atoms with Gasteiger partial charge in [-0.05, 0) is 32.1 Å². The lowest BCUT2D eigenvalue weighted by Crippen LogP contribution is -2.42. The summed E-state index contributed by atoms with van der Waals surface area (Å²) in [6.07, 6.45) is 3.72. The van der Waals surface area contributed by atoms with Crippen LogP contribution in [0.3, 0.4) is 0 Å². The molecule has 1 fully saturated rings. The molecule has 1 saturated heterocycles. The van der Waals surface area contributed by atoms with Gasteiger partial charge in [-0.3, -0.25) is 0 Å². The minimum absolute atomic E-state index is 0.137. The Balaban J connectivity index is 2.41. The van der Waals surface area contributed by atoms with Crippen molar-refractivity contribution in [2.45, 2.75) is 38.1 Å². The van der Waals surface area contributed by atoms with Crippen LogP contribution in [-0.2, 0) is 0 Å². The first kappa shape index (κ1) is 10.3. The topological polar surface area (TPSA) is 60.8 Å². The van der Waals surface area contributed by atoms with Gasteiger partial charge in [0.05, 0.1) is 0 Å². The molecule has 0 bridgehead atoms. The standard InChI is InChI=1S/C9H17NO3/c11-7-3-5-8-4-1-2-6-10(8)9(12)13/h8,11H,1-7H2,(H,12,13). The maximum absolute atomic E-state index is 10.8. The summed E-state index contributed by atoms with van der Waals surface area (Å²) < 4.78 is 0. The average Bonchev–Trinajstić information content (AvgIpc) is 2.15. The van der Waals surface area contributed by atoms with Crippen LogP contribution in [0.5, 0.6) is 0 Å². The lowest BCUT2D eigenvalue weighted by Gasteiger charge is -2.33. The van der Waals surface area contributed by atoms with Crippen molar-refractivity contribution >= 4 is 6.09 Å². The summed E-state index contributed by atoms with van der Waals surface area (Å²) in [5.74, 6) is 0. The second-order valence-electron chi connectivity index (χ2n) is 3.49. The predicted octanol–water partition coefficient (Wildman–Crippen LogP) is 1.29. The van der Waals surface area contributed by atoms with E-state index in [9.17, 15) is 4.79 Å². The Bertz CT molecular complexity index is 172. The van der Waals surface area contributed by atoms with E-state index in [-0.39, 0.29) is 12.6 Å². The fraction of sp³-hybridized carbons (Fsp3) is 0.889. The number of likely N-dealkylation sites (tertiary alicyclic amines) is 1. The predicted molar refractivity (Wildman–Crippen MR) is 48.7 cm³/mol. The van der Waals surface area contributed by atoms with Crippen molar-refractivity contribution in [2.75, 3.05) is 13.2 Å². The first-order chi connectivity index (χ1) is 6.25. The number of rotatable bonds is 3. The molecule has 1 rings (SSSR count). The van der Waals surface area contributed by atoms with E-state index >= 15 is 0 Å². The zero-order chi connectivity index (χ0) is 9.68. The van der Waals surface area contributed by atoms with Crippen molar-refractivity contribution in [3.63, 3.8) is 0 Å². The Morgan fingerprint density at radius 2 is 2.23 bits per heavy atom. The number of hydrogen-bond donors (Lipinski definition) is 2. The Morgan fingerprint density at radius 1 is 1.46 bits per heavy atom. The highest BCUT2D eigenvalue weighted by Crippen LogP contribution is 2.20. The van der Waals surface area contributed by atoms with E-state index in [0.717, 1.165) is 25.7 Å². The average molecular weight is 187 g/mol. The molecule has 1 unspecified atom stereocenters. The van der Waals surface area contributed by atoms with Crippen LogP contribution in [0.25, 0.3) is 0 Å². The lowest BCUT2D eigenvalue weighted by atomic mass is 9.99. The van der Waals surface area contributed by atoms with Gasteiger partial charge in [-0.2, -0.15) is 0 Å². The maximum atomic E-state index is 10.8. The third kappa shape index (κ3) is 2.88. The second-order valence-corrected chi connectivity index (χ2v) is 3.49. The number of carbonyl (C=O) groups is 1. The molecule has 1 aliphatic heterocycles. The third-order valence-electron chi connectivity index (χ3n) is 2.57. The largest absolute Gasteiger partial charge is 0.465 e. The SMILES string of the molecule is O=C(O)N1CCCCC1CCCO. The van der Waals surface area contributed by atoms with Crippen molar-refractivity contribution in [1.82, 2.24) is 4.90 Å². The molecule has 13 heavy (non-hydrogen) atoms. The summed E-state index contributed by atoms with van der Waals surface area (Å²) in [6.45, 7) is 0.815. The number of aliphatic hydroxyl groups excluding tert-OH is 1. The normalized spacial score (nSPS) is 23.2. The highest BCUT2D eigenvalue weighted by atomic mass is 16.4. The van der Waals surface area contributed by atoms with Gasteiger partial charge in [0.15, 0.2) is 0 Å². The Morgan fingerprint density at radius 3 is 2.85 bits per heavy atom. The first-order valence-electron chi connectivity index (χ1n) is 4.86. The van der Waals surface area contributed by atoms with Gasteiger partial charge in [0, 0.05) is 19.2 Å². The van der Waals surface area contributed by atoms with Crippen molar-refractivity contribution < 1.29 is 15.0 Å². The smallest absolute Gasteiger partial charge is 0.407 e. The van der Waals surface area contributed by atoms with E-state index in [1.165, 1.54) is 4.90 Å². The van der Waals surface area contributed by atoms with Crippen LogP contribution < -0.4 is 0 Å². The molecule has 4 nitrogen and oxygen atoms in total. The van der Waals surface area contributed by atoms with E-state index < -0.39 is 6.09 Å². The van der Waals surface area contributed by atoms with Gasteiger partial charge < -0.3 is 15.1 Å². The van der Waals surface area contributed by atoms with Crippen molar-refractivity contribution in [3.8, 4) is 0 Å². The Labute approximate surface area is 78.2 Å². The van der Waals surface area contributed by atoms with Gasteiger partial charge in [-0.25, -0.2) is 4.79 Å². The van der Waals surface area contributed by atoms with E-state index in [1.54, 1.807) is 0 Å². The summed E-state index contributed by atoms with van der Waals surface area (Å²) in [5, 5.41) is 17.5. The molecule has 1 aliphatic rings. The van der Waals surface area contributed by atoms with Crippen molar-refractivity contribution in [1.29, 1.82) is 0 Å². The van der Waals surface area contributed by atoms with E-state index in [2.05, 4.69) is 0 Å². The second kappa shape index (κ2) is 5.07. The molecule has 76 valence electrons. The van der Waals surface area contributed by atoms with Gasteiger partial charge >= 0.3 is 6.09 Å². The quantitative estimate of drug-likeness (QED) is 0.700. The van der Waals surface area contributed by atoms with E-state index in [0.29, 0.717) is 13.0 Å². The molecular weight excluding hydrogens is 170 g/mol. The number of amides is 1. The van der Waals surface area contributed by atoms with Gasteiger partial charge in [0.25, 0.3) is 0 Å². The van der Waals surface area contributed by atoms with Crippen LogP contribution in [0.1, 0.15) is 32.1 Å². The molecule has 4 heteroatoms. The molecule has 0 radical (unpaired) electrons. The van der Waals surface area contributed by atoms with Gasteiger partial charge in [0.2, 0.25) is 0 Å². The monoisotopic (exact) mass is 187 g/mol. The fourth-order valence-corrected chi connectivity index (χ4v) is 1.88. The summed E-state index contributed by atoms with van der Waals surface area (Å²) >= 11 is 0. The fourth-order valence-electron chi connectivity index (χ4n) is 1.88. The number of nitrogens with zero attached hydrogens (tertiary/aromatic N) is 1. The molecule has 0 aromatic heterocycles. The van der Waals surface area contributed by atoms with Crippen LogP contribution in [0, 0.1) is 0 Å². The lowest BCUT2D eigenvalue weighted by molar-refractivity contribution is 0.0998. The molecular formula is C9H17NO3. The molecule has 1 amide bonds. The Kier molecular flexibility index (Phi) is 4.02. The summed E-state index contributed by atoms with van der Waals surface area (Å²) in [5.41, 5.74) is 0. The molecule has 0 aromatic rings. The minimum Gasteiger partial charge on any atom is -0.465 e. The highest BCUT2D eigenvalue weighted by Gasteiger charge is 2.25. The minimum atomic E-state index is -0.817. The molecule has 0 aliphatic carbocycles. The zero-order valence-electron chi connectivity index (χ0n) is 7.78. The van der Waals surface area contributed by atoms with Gasteiger partial charge in [-0.1, -0.05) is 0 Å². The highest BCUT2D eigenvalue weighted by molar-refractivity contribution is 5.65. The number of aliphatic hydroxyl groups is 1. The van der Waals surface area contributed by atoms with E-state index in [1.807, 2.05) is 0 Å². The molecule has 1 atom stereocenters. The number of piperidine rings is 1. The zero-order valence-corrected chi connectivity index (χ0v) is 7.78. The molecule has 1 heterocycles. The molecule has 0 saturated carbocycles. The molecule has 0 spiro atoms. The van der Waals surface area contributed by atoms with Crippen LogP contribution in [0.15, 0.2) is 0 Å². The van der Waals surface area contributed by atoms with Crippen LogP contribution >= 0.6 is 0 Å². The van der Waals surface area contributed by atoms with Crippen molar-refractivity contribution in [3.05, 3.63) is 0 Å². The summed E-state index contributed by atoms with van der Waals surface area (Å²) in [6, 6.07) is 0.137. The van der Waals surface area contributed by atoms with Gasteiger partial charge in [0.1, 0.15) is 0 Å². The first-order valence-corrected chi connectivity index (χ1v) is 4.86. The van der Waals surface area contributed by atoms with Crippen LogP contribution in [0.4, 0.5) is 4.79 Å². The molecule has 0 aromatic carbocycles. The maximum Gasteiger partial charge on any atom is 0.407 e. The van der Waals surface area contributed by atoms with Gasteiger partial charge in [-0.15, -0.1) is 0 Å². The molecule has 2 N–H and O–H groups in total. The van der Waals surface area contributed by atoms with E-state index in [4.69, 9.17) is 10.2 Å². The number of hydrogen-bond acceptors (Lipinski definition) is 2. The third-order valence-corrected chi connectivity index (χ3v) is 2.57. The Hall–Kier alpha value is -0.770. The summed E-state index contributed by atoms with van der Waals surface area (Å²) in [4.78, 5) is 12.3. The number of carboxylic acid groups (broad SMARTS) is 1. The van der Waals surface area contributed by atoms with Crippen molar-refractivity contribution in [2.24, 2.45) is 0 Å².